The largest absolute Gasteiger partial charge is 0.711 e. The van der Waals surface area contributed by atoms with Gasteiger partial charge in [0.05, 0.1) is 12.7 Å². The molecule has 0 saturated heterocycles. The monoisotopic (exact) mass is 150 g/mol. The molecule has 0 aliphatic carbocycles. The van der Waals surface area contributed by atoms with Gasteiger partial charge in [0.2, 0.25) is 0 Å². The van der Waals surface area contributed by atoms with Crippen molar-refractivity contribution in [3.8, 4) is 0 Å². The van der Waals surface area contributed by atoms with E-state index < -0.39 is 0 Å². The molecule has 3 nitrogen and oxygen atoms in total. The van der Waals surface area contributed by atoms with Gasteiger partial charge >= 0.3 is 0 Å². The van der Waals surface area contributed by atoms with Crippen LogP contribution in [0.25, 0.3) is 0 Å². The van der Waals surface area contributed by atoms with Crippen LogP contribution in [0.15, 0.2) is 18.3 Å². The van der Waals surface area contributed by atoms with Gasteiger partial charge in [0.15, 0.2) is 0 Å². The molecule has 2 rings (SSSR count). The minimum Gasteiger partial charge on any atom is -0.711 e. The highest BCUT2D eigenvalue weighted by Gasteiger charge is 2.24. The number of aromatic nitrogens is 1. The lowest BCUT2D eigenvalue weighted by atomic mass is 10.1. The van der Waals surface area contributed by atoms with E-state index >= 15 is 0 Å². The molecule has 0 aromatic carbocycles. The van der Waals surface area contributed by atoms with E-state index in [0.717, 1.165) is 22.7 Å². The van der Waals surface area contributed by atoms with Gasteiger partial charge in [-0.2, -0.15) is 0 Å². The average Bonchev–Trinajstić information content (AvgIpc) is 2.35. The van der Waals surface area contributed by atoms with Gasteiger partial charge in [-0.1, -0.05) is 6.92 Å². The summed E-state index contributed by atoms with van der Waals surface area (Å²) >= 11 is 0. The number of anilines is 1. The fourth-order valence-electron chi connectivity index (χ4n) is 1.44. The molecule has 2 heterocycles. The maximum atomic E-state index is 11.1. The molecular formula is C8H10N2O. The maximum absolute atomic E-state index is 11.1. The average molecular weight is 150 g/mol. The summed E-state index contributed by atoms with van der Waals surface area (Å²) in [6.07, 6.45) is 1.52. The van der Waals surface area contributed by atoms with Crippen molar-refractivity contribution in [3.63, 3.8) is 0 Å². The number of nitrogens with one attached hydrogen (secondary N) is 1. The lowest BCUT2D eigenvalue weighted by Crippen LogP contribution is -2.28. The molecule has 1 aliphatic rings. The summed E-state index contributed by atoms with van der Waals surface area (Å²) in [5, 5.41) is 14.2. The first kappa shape index (κ1) is 6.46. The second-order valence-corrected chi connectivity index (χ2v) is 2.92. The standard InChI is InChI=1S/C8H10N2O/c1-6-5-9-8-7(6)3-2-4-10(8)11/h2-4,6,9H,5H2,1H3. The van der Waals surface area contributed by atoms with Gasteiger partial charge in [0, 0.05) is 11.5 Å². The van der Waals surface area contributed by atoms with Crippen molar-refractivity contribution in [2.75, 3.05) is 11.9 Å². The fourth-order valence-corrected chi connectivity index (χ4v) is 1.44. The zero-order chi connectivity index (χ0) is 7.84. The van der Waals surface area contributed by atoms with Gasteiger partial charge in [0.1, 0.15) is 0 Å². The van der Waals surface area contributed by atoms with Crippen LogP contribution in [0, 0.1) is 5.21 Å². The van der Waals surface area contributed by atoms with Gasteiger partial charge in [-0.3, -0.25) is 5.32 Å². The summed E-state index contributed by atoms with van der Waals surface area (Å²) < 4.78 is 0.888. The number of fused-ring (bicyclic) bond motifs is 1. The van der Waals surface area contributed by atoms with E-state index in [-0.39, 0.29) is 0 Å². The first-order valence-corrected chi connectivity index (χ1v) is 3.75. The Hall–Kier alpha value is -1.25. The molecule has 0 radical (unpaired) electrons. The lowest BCUT2D eigenvalue weighted by Gasteiger charge is -2.05. The number of hydrogen-bond donors (Lipinski definition) is 1. The van der Waals surface area contributed by atoms with Crippen LogP contribution >= 0.6 is 0 Å². The van der Waals surface area contributed by atoms with Gasteiger partial charge in [-0.15, -0.1) is 0 Å². The molecule has 11 heavy (non-hydrogen) atoms. The number of rotatable bonds is 0. The predicted octanol–water partition coefficient (Wildman–Crippen LogP) is 0.849. The molecule has 0 fully saturated rings. The zero-order valence-electron chi connectivity index (χ0n) is 6.37. The molecule has 3 heteroatoms. The SMILES string of the molecule is CC1CNc2c1ccc[n+]2[O-]. The second kappa shape index (κ2) is 2.12. The van der Waals surface area contributed by atoms with Crippen molar-refractivity contribution in [1.82, 2.24) is 0 Å². The fraction of sp³-hybridized carbons (Fsp3) is 0.375. The van der Waals surface area contributed by atoms with Crippen molar-refractivity contribution in [1.29, 1.82) is 0 Å². The summed E-state index contributed by atoms with van der Waals surface area (Å²) in [4.78, 5) is 0. The first-order chi connectivity index (χ1) is 5.29. The Kier molecular flexibility index (Phi) is 1.24. The summed E-state index contributed by atoms with van der Waals surface area (Å²) in [6.45, 7) is 2.99. The zero-order valence-corrected chi connectivity index (χ0v) is 6.37. The quantitative estimate of drug-likeness (QED) is 0.440. The van der Waals surface area contributed by atoms with Crippen molar-refractivity contribution in [3.05, 3.63) is 29.1 Å². The van der Waals surface area contributed by atoms with Gasteiger partial charge in [-0.05, 0) is 12.1 Å². The molecule has 1 aromatic heterocycles. The molecule has 1 aromatic rings. The van der Waals surface area contributed by atoms with Gasteiger partial charge in [-0.25, -0.2) is 4.73 Å². The number of hydrogen-bond acceptors (Lipinski definition) is 2. The highest BCUT2D eigenvalue weighted by molar-refractivity contribution is 5.47. The highest BCUT2D eigenvalue weighted by Crippen LogP contribution is 2.26. The Morgan fingerprint density at radius 3 is 3.27 bits per heavy atom. The topological polar surface area (TPSA) is 39.0 Å². The second-order valence-electron chi connectivity index (χ2n) is 2.92. The van der Waals surface area contributed by atoms with Crippen LogP contribution in [-0.4, -0.2) is 6.54 Å². The summed E-state index contributed by atoms with van der Waals surface area (Å²) in [5.41, 5.74) is 1.13. The van der Waals surface area contributed by atoms with E-state index in [4.69, 9.17) is 0 Å². The smallest absolute Gasteiger partial charge is 0.281 e. The normalized spacial score (nSPS) is 21.0. The minimum atomic E-state index is 0.464. The molecule has 0 saturated carbocycles. The van der Waals surface area contributed by atoms with Crippen LogP contribution < -0.4 is 10.0 Å². The molecule has 58 valence electrons. The van der Waals surface area contributed by atoms with Gasteiger partial charge < -0.3 is 5.21 Å². The molecule has 1 atom stereocenters. The van der Waals surface area contributed by atoms with Crippen molar-refractivity contribution in [2.24, 2.45) is 0 Å². The van der Waals surface area contributed by atoms with Gasteiger partial charge in [0.25, 0.3) is 5.82 Å². The van der Waals surface area contributed by atoms with Crippen LogP contribution in [0.1, 0.15) is 18.4 Å². The maximum Gasteiger partial charge on any atom is 0.281 e. The van der Waals surface area contributed by atoms with E-state index in [0.29, 0.717) is 5.92 Å². The van der Waals surface area contributed by atoms with E-state index in [2.05, 4.69) is 12.2 Å². The Balaban J connectivity index is 2.57. The molecule has 0 spiro atoms. The third-order valence-electron chi connectivity index (χ3n) is 2.10. The number of pyridine rings is 1. The van der Waals surface area contributed by atoms with E-state index in [1.54, 1.807) is 6.07 Å². The van der Waals surface area contributed by atoms with Crippen LogP contribution in [0.4, 0.5) is 5.82 Å². The minimum absolute atomic E-state index is 0.464. The Morgan fingerprint density at radius 2 is 2.55 bits per heavy atom. The van der Waals surface area contributed by atoms with E-state index in [1.165, 1.54) is 6.20 Å². The highest BCUT2D eigenvalue weighted by atomic mass is 16.5. The van der Waals surface area contributed by atoms with Crippen molar-refractivity contribution >= 4 is 5.82 Å². The van der Waals surface area contributed by atoms with Crippen LogP contribution in [0.5, 0.6) is 0 Å². The predicted molar refractivity (Wildman–Crippen MR) is 42.3 cm³/mol. The van der Waals surface area contributed by atoms with Crippen LogP contribution in [0.2, 0.25) is 0 Å². The molecular weight excluding hydrogens is 140 g/mol. The van der Waals surface area contributed by atoms with Crippen LogP contribution in [0.3, 0.4) is 0 Å². The third-order valence-corrected chi connectivity index (χ3v) is 2.10. The molecule has 1 unspecified atom stereocenters. The first-order valence-electron chi connectivity index (χ1n) is 3.75. The summed E-state index contributed by atoms with van der Waals surface area (Å²) in [7, 11) is 0. The van der Waals surface area contributed by atoms with Crippen molar-refractivity contribution < 1.29 is 4.73 Å². The number of nitrogens with zero attached hydrogens (tertiary/aromatic N) is 1. The summed E-state index contributed by atoms with van der Waals surface area (Å²) in [5.74, 6) is 1.19. The third kappa shape index (κ3) is 0.843. The molecule has 0 bridgehead atoms. The molecule has 1 N–H and O–H groups in total. The summed E-state index contributed by atoms with van der Waals surface area (Å²) in [6, 6.07) is 3.78. The van der Waals surface area contributed by atoms with E-state index in [9.17, 15) is 5.21 Å². The lowest BCUT2D eigenvalue weighted by molar-refractivity contribution is -0.590. The molecule has 0 amide bonds. The Morgan fingerprint density at radius 1 is 1.73 bits per heavy atom. The Labute approximate surface area is 65.2 Å². The van der Waals surface area contributed by atoms with Crippen molar-refractivity contribution in [2.45, 2.75) is 12.8 Å². The Bertz CT molecular complexity index is 285. The van der Waals surface area contributed by atoms with E-state index in [1.807, 2.05) is 6.07 Å². The molecule has 1 aliphatic heterocycles. The van der Waals surface area contributed by atoms with Crippen LogP contribution in [-0.2, 0) is 0 Å².